The number of aliphatic hydroxyl groups is 1. The van der Waals surface area contributed by atoms with E-state index in [9.17, 15) is 9.90 Å². The van der Waals surface area contributed by atoms with Crippen molar-refractivity contribution in [3.63, 3.8) is 0 Å². The Balaban J connectivity index is 1.51. The maximum atomic E-state index is 12.5. The zero-order valence-electron chi connectivity index (χ0n) is 15.4. The second-order valence-electron chi connectivity index (χ2n) is 6.61. The Morgan fingerprint density at radius 1 is 1.21 bits per heavy atom. The largest absolute Gasteiger partial charge is 0.509 e. The molecular weight excluding hydrogens is 452 g/mol. The number of amidine groups is 1. The third kappa shape index (κ3) is 3.94. The number of amides is 1. The molecule has 0 spiro atoms. The number of carbonyl (C=O) groups is 1. The standard InChI is InChI=1S/C21H17BrN4O2S/c1-12-2-4-14(5-3-12)20(28)25-26-10-17(27)18(19(26)23)21-24-16(11-29-21)13-6-8-15(22)9-7-13/h2-9,11,23,27H,10H2,1H3,(H,25,28). The lowest BCUT2D eigenvalue weighted by atomic mass is 10.1. The molecule has 1 aromatic heterocycles. The van der Waals surface area contributed by atoms with E-state index >= 15 is 0 Å². The first-order chi connectivity index (χ1) is 13.9. The highest BCUT2D eigenvalue weighted by Gasteiger charge is 2.31. The van der Waals surface area contributed by atoms with Gasteiger partial charge in [0.05, 0.1) is 17.8 Å². The maximum Gasteiger partial charge on any atom is 0.269 e. The predicted molar refractivity (Wildman–Crippen MR) is 118 cm³/mol. The second kappa shape index (κ2) is 7.81. The van der Waals surface area contributed by atoms with Crippen LogP contribution in [0.1, 0.15) is 20.9 Å². The van der Waals surface area contributed by atoms with Crippen LogP contribution in [0.4, 0.5) is 0 Å². The molecule has 0 aliphatic carbocycles. The molecule has 1 aliphatic rings. The highest BCUT2D eigenvalue weighted by atomic mass is 79.9. The SMILES string of the molecule is Cc1ccc(C(=O)NN2CC(O)=C(c3nc(-c4ccc(Br)cc4)cs3)C2=N)cc1. The summed E-state index contributed by atoms with van der Waals surface area (Å²) < 4.78 is 0.981. The number of aromatic nitrogens is 1. The van der Waals surface area contributed by atoms with Gasteiger partial charge in [-0.2, -0.15) is 0 Å². The number of hydrazine groups is 1. The van der Waals surface area contributed by atoms with Crippen LogP contribution < -0.4 is 5.43 Å². The molecule has 0 fully saturated rings. The van der Waals surface area contributed by atoms with Crippen LogP contribution in [-0.4, -0.2) is 33.4 Å². The number of thiazole rings is 1. The topological polar surface area (TPSA) is 89.3 Å². The molecule has 2 aromatic carbocycles. The molecule has 0 atom stereocenters. The van der Waals surface area contributed by atoms with Gasteiger partial charge >= 0.3 is 0 Å². The number of aryl methyl sites for hydroxylation is 1. The molecule has 6 nitrogen and oxygen atoms in total. The second-order valence-corrected chi connectivity index (χ2v) is 8.38. The van der Waals surface area contributed by atoms with Crippen LogP contribution >= 0.6 is 27.3 Å². The summed E-state index contributed by atoms with van der Waals surface area (Å²) >= 11 is 4.76. The molecule has 29 heavy (non-hydrogen) atoms. The van der Waals surface area contributed by atoms with Gasteiger partial charge in [0.1, 0.15) is 10.8 Å². The molecule has 1 amide bonds. The molecule has 8 heteroatoms. The summed E-state index contributed by atoms with van der Waals surface area (Å²) in [5.74, 6) is -0.311. The lowest BCUT2D eigenvalue weighted by Crippen LogP contribution is -2.43. The normalized spacial score (nSPS) is 13.9. The summed E-state index contributed by atoms with van der Waals surface area (Å²) in [5, 5.41) is 22.6. The van der Waals surface area contributed by atoms with E-state index in [2.05, 4.69) is 26.3 Å². The van der Waals surface area contributed by atoms with Crippen molar-refractivity contribution < 1.29 is 9.90 Å². The molecule has 0 unspecified atom stereocenters. The molecule has 0 radical (unpaired) electrons. The van der Waals surface area contributed by atoms with Crippen LogP contribution in [0.5, 0.6) is 0 Å². The van der Waals surface area contributed by atoms with E-state index in [1.54, 1.807) is 12.1 Å². The number of rotatable bonds is 4. The number of carbonyl (C=O) groups excluding carboxylic acids is 1. The number of hydrogen-bond acceptors (Lipinski definition) is 5. The van der Waals surface area contributed by atoms with Gasteiger partial charge in [-0.3, -0.25) is 20.6 Å². The van der Waals surface area contributed by atoms with E-state index < -0.39 is 0 Å². The molecule has 0 bridgehead atoms. The number of nitrogens with one attached hydrogen (secondary N) is 2. The van der Waals surface area contributed by atoms with Crippen molar-refractivity contribution in [3.8, 4) is 11.3 Å². The fraction of sp³-hybridized carbons (Fsp3) is 0.0952. The Bertz CT molecular complexity index is 1120. The first-order valence-electron chi connectivity index (χ1n) is 8.80. The van der Waals surface area contributed by atoms with Crippen molar-refractivity contribution in [3.05, 3.63) is 80.3 Å². The van der Waals surface area contributed by atoms with Gasteiger partial charge in [0.15, 0.2) is 5.84 Å². The molecule has 0 saturated heterocycles. The van der Waals surface area contributed by atoms with Gasteiger partial charge < -0.3 is 5.11 Å². The van der Waals surface area contributed by atoms with E-state index in [0.717, 1.165) is 21.3 Å². The number of hydrogen-bond donors (Lipinski definition) is 3. The Hall–Kier alpha value is -2.97. The monoisotopic (exact) mass is 468 g/mol. The summed E-state index contributed by atoms with van der Waals surface area (Å²) in [6.07, 6.45) is 0. The molecular formula is C21H17BrN4O2S. The summed E-state index contributed by atoms with van der Waals surface area (Å²) in [7, 11) is 0. The quantitative estimate of drug-likeness (QED) is 0.513. The highest BCUT2D eigenvalue weighted by Crippen LogP contribution is 2.32. The summed E-state index contributed by atoms with van der Waals surface area (Å²) in [5.41, 5.74) is 6.28. The van der Waals surface area contributed by atoms with Gasteiger partial charge in [0.2, 0.25) is 0 Å². The first kappa shape index (κ1) is 19.4. The average Bonchev–Trinajstić information content (AvgIpc) is 3.27. The third-order valence-corrected chi connectivity index (χ3v) is 5.90. The van der Waals surface area contributed by atoms with Gasteiger partial charge in [-0.05, 0) is 31.2 Å². The lowest BCUT2D eigenvalue weighted by molar-refractivity contribution is 0.0874. The average molecular weight is 469 g/mol. The maximum absolute atomic E-state index is 12.5. The molecule has 4 rings (SSSR count). The summed E-state index contributed by atoms with van der Waals surface area (Å²) in [6.45, 7) is 1.97. The van der Waals surface area contributed by atoms with E-state index in [1.807, 2.05) is 48.7 Å². The minimum absolute atomic E-state index is 0.0101. The number of halogens is 1. The Morgan fingerprint density at radius 2 is 1.90 bits per heavy atom. The zero-order chi connectivity index (χ0) is 20.5. The lowest BCUT2D eigenvalue weighted by Gasteiger charge is -2.19. The Kier molecular flexibility index (Phi) is 5.21. The first-order valence-corrected chi connectivity index (χ1v) is 10.5. The van der Waals surface area contributed by atoms with Gasteiger partial charge in [-0.15, -0.1) is 11.3 Å². The van der Waals surface area contributed by atoms with Crippen molar-refractivity contribution in [2.75, 3.05) is 6.54 Å². The van der Waals surface area contributed by atoms with E-state index in [4.69, 9.17) is 5.41 Å². The van der Waals surface area contributed by atoms with Crippen molar-refractivity contribution >= 4 is 44.6 Å². The number of nitrogens with zero attached hydrogens (tertiary/aromatic N) is 2. The van der Waals surface area contributed by atoms with Crippen LogP contribution in [0.25, 0.3) is 16.8 Å². The minimum atomic E-state index is -0.335. The minimum Gasteiger partial charge on any atom is -0.509 e. The van der Waals surface area contributed by atoms with E-state index in [1.165, 1.54) is 16.3 Å². The van der Waals surface area contributed by atoms with Crippen molar-refractivity contribution in [1.82, 2.24) is 15.4 Å². The fourth-order valence-electron chi connectivity index (χ4n) is 2.93. The van der Waals surface area contributed by atoms with Crippen LogP contribution in [0, 0.1) is 12.3 Å². The van der Waals surface area contributed by atoms with Crippen LogP contribution in [0.3, 0.4) is 0 Å². The van der Waals surface area contributed by atoms with Crippen LogP contribution in [-0.2, 0) is 0 Å². The fourth-order valence-corrected chi connectivity index (χ4v) is 4.09. The molecule has 1 aliphatic heterocycles. The molecule has 146 valence electrons. The smallest absolute Gasteiger partial charge is 0.269 e. The van der Waals surface area contributed by atoms with E-state index in [0.29, 0.717) is 16.1 Å². The highest BCUT2D eigenvalue weighted by molar-refractivity contribution is 9.10. The van der Waals surface area contributed by atoms with Crippen molar-refractivity contribution in [2.24, 2.45) is 0 Å². The zero-order valence-corrected chi connectivity index (χ0v) is 17.8. The van der Waals surface area contributed by atoms with Crippen LogP contribution in [0.15, 0.2) is 64.1 Å². The number of aliphatic hydroxyl groups excluding tert-OH is 1. The van der Waals surface area contributed by atoms with Crippen molar-refractivity contribution in [2.45, 2.75) is 6.92 Å². The van der Waals surface area contributed by atoms with Gasteiger partial charge in [0.25, 0.3) is 5.91 Å². The predicted octanol–water partition coefficient (Wildman–Crippen LogP) is 4.79. The van der Waals surface area contributed by atoms with Gasteiger partial charge in [-0.25, -0.2) is 4.98 Å². The molecule has 0 saturated carbocycles. The van der Waals surface area contributed by atoms with Crippen molar-refractivity contribution in [1.29, 1.82) is 5.41 Å². The molecule has 3 N–H and O–H groups in total. The third-order valence-electron chi connectivity index (χ3n) is 4.51. The molecule has 2 heterocycles. The van der Waals surface area contributed by atoms with Gasteiger partial charge in [-0.1, -0.05) is 45.8 Å². The van der Waals surface area contributed by atoms with Crippen LogP contribution in [0.2, 0.25) is 0 Å². The summed E-state index contributed by atoms with van der Waals surface area (Å²) in [6, 6.07) is 14.9. The summed E-state index contributed by atoms with van der Waals surface area (Å²) in [4.78, 5) is 17.0. The Labute approximate surface area is 180 Å². The number of benzene rings is 2. The van der Waals surface area contributed by atoms with Gasteiger partial charge in [0, 0.05) is 21.0 Å². The Morgan fingerprint density at radius 3 is 2.59 bits per heavy atom. The van der Waals surface area contributed by atoms with E-state index in [-0.39, 0.29) is 24.0 Å². The molecule has 3 aromatic rings.